The molecule has 21 heavy (non-hydrogen) atoms. The van der Waals surface area contributed by atoms with E-state index in [1.54, 1.807) is 29.2 Å². The van der Waals surface area contributed by atoms with Gasteiger partial charge in [0.2, 0.25) is 0 Å². The zero-order valence-electron chi connectivity index (χ0n) is 11.5. The SMILES string of the molecule is O=C(O)/C=C/c1cccc(NC(=O)N2CCCC(O)C2)c1. The molecule has 1 aliphatic heterocycles. The van der Waals surface area contributed by atoms with Gasteiger partial charge in [0.1, 0.15) is 0 Å². The van der Waals surface area contributed by atoms with Crippen molar-refractivity contribution in [2.45, 2.75) is 18.9 Å². The van der Waals surface area contributed by atoms with E-state index in [2.05, 4.69) is 5.32 Å². The van der Waals surface area contributed by atoms with Gasteiger partial charge in [0.05, 0.1) is 6.10 Å². The van der Waals surface area contributed by atoms with E-state index >= 15 is 0 Å². The van der Waals surface area contributed by atoms with E-state index in [0.29, 0.717) is 24.3 Å². The Kier molecular flexibility index (Phi) is 4.94. The number of β-amino-alcohol motifs (C(OH)–C–C–N with tert-alkyl or cyclic N) is 1. The Labute approximate surface area is 122 Å². The largest absolute Gasteiger partial charge is 0.478 e. The van der Waals surface area contributed by atoms with Gasteiger partial charge in [0.15, 0.2) is 0 Å². The maximum absolute atomic E-state index is 12.1. The van der Waals surface area contributed by atoms with E-state index in [1.165, 1.54) is 6.08 Å². The maximum atomic E-state index is 12.1. The second-order valence-electron chi connectivity index (χ2n) is 4.97. The van der Waals surface area contributed by atoms with Gasteiger partial charge in [0, 0.05) is 24.9 Å². The van der Waals surface area contributed by atoms with Crippen LogP contribution in [0.15, 0.2) is 30.3 Å². The molecule has 1 unspecified atom stereocenters. The normalized spacial score (nSPS) is 18.7. The summed E-state index contributed by atoms with van der Waals surface area (Å²) in [6, 6.07) is 6.66. The number of hydrogen-bond donors (Lipinski definition) is 3. The predicted molar refractivity (Wildman–Crippen MR) is 78.9 cm³/mol. The van der Waals surface area contributed by atoms with Crippen molar-refractivity contribution in [1.82, 2.24) is 4.90 Å². The molecule has 2 amide bonds. The van der Waals surface area contributed by atoms with Crippen LogP contribution >= 0.6 is 0 Å². The lowest BCUT2D eigenvalue weighted by Crippen LogP contribution is -2.44. The molecule has 1 aromatic rings. The summed E-state index contributed by atoms with van der Waals surface area (Å²) in [5.74, 6) is -1.02. The topological polar surface area (TPSA) is 89.9 Å². The van der Waals surface area contributed by atoms with Crippen LogP contribution in [0.25, 0.3) is 6.08 Å². The number of benzene rings is 1. The quantitative estimate of drug-likeness (QED) is 0.740. The molecule has 1 aliphatic rings. The Hall–Kier alpha value is -2.34. The van der Waals surface area contributed by atoms with Crippen molar-refractivity contribution in [1.29, 1.82) is 0 Å². The van der Waals surface area contributed by atoms with E-state index in [9.17, 15) is 14.7 Å². The summed E-state index contributed by atoms with van der Waals surface area (Å²) >= 11 is 0. The highest BCUT2D eigenvalue weighted by Gasteiger charge is 2.21. The lowest BCUT2D eigenvalue weighted by molar-refractivity contribution is -0.131. The Morgan fingerprint density at radius 1 is 1.38 bits per heavy atom. The van der Waals surface area contributed by atoms with Gasteiger partial charge < -0.3 is 20.4 Å². The van der Waals surface area contributed by atoms with Crippen LogP contribution in [0.3, 0.4) is 0 Å². The number of carbonyl (C=O) groups is 2. The molecule has 1 heterocycles. The van der Waals surface area contributed by atoms with Crippen LogP contribution in [0.2, 0.25) is 0 Å². The van der Waals surface area contributed by atoms with Crippen molar-refractivity contribution in [3.05, 3.63) is 35.9 Å². The van der Waals surface area contributed by atoms with Crippen molar-refractivity contribution in [2.24, 2.45) is 0 Å². The summed E-state index contributed by atoms with van der Waals surface area (Å²) in [7, 11) is 0. The number of aliphatic hydroxyl groups is 1. The van der Waals surface area contributed by atoms with E-state index < -0.39 is 12.1 Å². The summed E-state index contributed by atoms with van der Waals surface area (Å²) in [4.78, 5) is 24.1. The molecule has 0 aliphatic carbocycles. The Bertz CT molecular complexity index is 556. The summed E-state index contributed by atoms with van der Waals surface area (Å²) in [6.45, 7) is 0.964. The fourth-order valence-corrected chi connectivity index (χ4v) is 2.23. The molecule has 1 atom stereocenters. The highest BCUT2D eigenvalue weighted by molar-refractivity contribution is 5.90. The Balaban J connectivity index is 2.00. The van der Waals surface area contributed by atoms with Crippen molar-refractivity contribution in [3.63, 3.8) is 0 Å². The van der Waals surface area contributed by atoms with Crippen molar-refractivity contribution in [3.8, 4) is 0 Å². The fraction of sp³-hybridized carbons (Fsp3) is 0.333. The minimum atomic E-state index is -1.02. The summed E-state index contributed by atoms with van der Waals surface area (Å²) in [6.07, 6.45) is 3.55. The maximum Gasteiger partial charge on any atom is 0.328 e. The van der Waals surface area contributed by atoms with Gasteiger partial charge in [0.25, 0.3) is 0 Å². The number of urea groups is 1. The Morgan fingerprint density at radius 2 is 2.19 bits per heavy atom. The molecule has 1 saturated heterocycles. The first-order valence-electron chi connectivity index (χ1n) is 6.79. The highest BCUT2D eigenvalue weighted by atomic mass is 16.4. The fourth-order valence-electron chi connectivity index (χ4n) is 2.23. The molecule has 0 saturated carbocycles. The van der Waals surface area contributed by atoms with E-state index in [-0.39, 0.29) is 6.03 Å². The standard InChI is InChI=1S/C15H18N2O4/c18-13-5-2-8-17(10-13)15(21)16-12-4-1-3-11(9-12)6-7-14(19)20/h1,3-4,6-7,9,13,18H,2,5,8,10H2,(H,16,21)(H,19,20)/b7-6+. The van der Waals surface area contributed by atoms with Crippen molar-refractivity contribution < 1.29 is 19.8 Å². The number of nitrogens with zero attached hydrogens (tertiary/aromatic N) is 1. The number of likely N-dealkylation sites (tertiary alicyclic amines) is 1. The van der Waals surface area contributed by atoms with Gasteiger partial charge in [-0.3, -0.25) is 0 Å². The van der Waals surface area contributed by atoms with Crippen LogP contribution in [0.4, 0.5) is 10.5 Å². The molecular formula is C15H18N2O4. The molecule has 0 radical (unpaired) electrons. The molecule has 3 N–H and O–H groups in total. The lowest BCUT2D eigenvalue weighted by atomic mass is 10.1. The van der Waals surface area contributed by atoms with Crippen LogP contribution in [0.5, 0.6) is 0 Å². The highest BCUT2D eigenvalue weighted by Crippen LogP contribution is 2.15. The van der Waals surface area contributed by atoms with Gasteiger partial charge in [-0.1, -0.05) is 12.1 Å². The Morgan fingerprint density at radius 3 is 2.90 bits per heavy atom. The zero-order valence-corrected chi connectivity index (χ0v) is 11.5. The minimum absolute atomic E-state index is 0.256. The summed E-state index contributed by atoms with van der Waals surface area (Å²) in [5.41, 5.74) is 1.28. The molecule has 0 spiro atoms. The third-order valence-electron chi connectivity index (χ3n) is 3.24. The number of nitrogens with one attached hydrogen (secondary N) is 1. The summed E-state index contributed by atoms with van der Waals surface area (Å²) < 4.78 is 0. The second-order valence-corrected chi connectivity index (χ2v) is 4.97. The van der Waals surface area contributed by atoms with Crippen LogP contribution in [-0.2, 0) is 4.79 Å². The van der Waals surface area contributed by atoms with Gasteiger partial charge >= 0.3 is 12.0 Å². The molecule has 6 heteroatoms. The molecule has 0 aromatic heterocycles. The molecular weight excluding hydrogens is 272 g/mol. The van der Waals surface area contributed by atoms with Crippen molar-refractivity contribution in [2.75, 3.05) is 18.4 Å². The third kappa shape index (κ3) is 4.61. The molecule has 112 valence electrons. The van der Waals surface area contributed by atoms with E-state index in [1.807, 2.05) is 0 Å². The van der Waals surface area contributed by atoms with Gasteiger partial charge in [-0.25, -0.2) is 9.59 Å². The average Bonchev–Trinajstić information content (AvgIpc) is 2.45. The van der Waals surface area contributed by atoms with Crippen LogP contribution in [-0.4, -0.2) is 46.3 Å². The van der Waals surface area contributed by atoms with Crippen LogP contribution < -0.4 is 5.32 Å². The predicted octanol–water partition coefficient (Wildman–Crippen LogP) is 1.77. The third-order valence-corrected chi connectivity index (χ3v) is 3.24. The number of aliphatic hydroxyl groups excluding tert-OH is 1. The first-order chi connectivity index (χ1) is 10.0. The number of aliphatic carboxylic acids is 1. The van der Waals surface area contributed by atoms with Crippen LogP contribution in [0.1, 0.15) is 18.4 Å². The number of carbonyl (C=O) groups excluding carboxylic acids is 1. The first kappa shape index (κ1) is 15.1. The van der Waals surface area contributed by atoms with E-state index in [0.717, 1.165) is 18.9 Å². The minimum Gasteiger partial charge on any atom is -0.478 e. The molecule has 1 fully saturated rings. The lowest BCUT2D eigenvalue weighted by Gasteiger charge is -2.30. The number of carboxylic acids is 1. The number of rotatable bonds is 3. The number of anilines is 1. The molecule has 0 bridgehead atoms. The zero-order chi connectivity index (χ0) is 15.2. The first-order valence-corrected chi connectivity index (χ1v) is 6.79. The average molecular weight is 290 g/mol. The van der Waals surface area contributed by atoms with Crippen LogP contribution in [0, 0.1) is 0 Å². The summed E-state index contributed by atoms with van der Waals surface area (Å²) in [5, 5.41) is 20.9. The number of carboxylic acid groups (broad SMARTS) is 1. The molecule has 2 rings (SSSR count). The molecule has 6 nitrogen and oxygen atoms in total. The second kappa shape index (κ2) is 6.90. The van der Waals surface area contributed by atoms with Crippen molar-refractivity contribution >= 4 is 23.8 Å². The van der Waals surface area contributed by atoms with Gasteiger partial charge in [-0.2, -0.15) is 0 Å². The smallest absolute Gasteiger partial charge is 0.328 e. The number of piperidine rings is 1. The number of hydrogen-bond acceptors (Lipinski definition) is 3. The monoisotopic (exact) mass is 290 g/mol. The van der Waals surface area contributed by atoms with Gasteiger partial charge in [-0.15, -0.1) is 0 Å². The van der Waals surface area contributed by atoms with E-state index in [4.69, 9.17) is 5.11 Å². The molecule has 1 aromatic carbocycles. The number of amides is 2. The van der Waals surface area contributed by atoms with Gasteiger partial charge in [-0.05, 0) is 36.6 Å².